The van der Waals surface area contributed by atoms with Crippen molar-refractivity contribution < 1.29 is 9.59 Å². The minimum atomic E-state index is -0.267. The Balaban J connectivity index is 1.69. The second-order valence-corrected chi connectivity index (χ2v) is 5.82. The van der Waals surface area contributed by atoms with E-state index >= 15 is 0 Å². The number of rotatable bonds is 3. The van der Waals surface area contributed by atoms with Gasteiger partial charge in [-0.1, -0.05) is 30.3 Å². The van der Waals surface area contributed by atoms with Crippen LogP contribution in [-0.2, 0) is 11.2 Å². The maximum atomic E-state index is 12.7. The summed E-state index contributed by atoms with van der Waals surface area (Å²) >= 11 is 0. The van der Waals surface area contributed by atoms with Crippen molar-refractivity contribution >= 4 is 23.2 Å². The van der Waals surface area contributed by atoms with Crippen LogP contribution in [0.3, 0.4) is 0 Å². The molecule has 2 heterocycles. The number of hydrogen-bond donors (Lipinski definition) is 2. The van der Waals surface area contributed by atoms with E-state index in [2.05, 4.69) is 15.6 Å². The fourth-order valence-corrected chi connectivity index (χ4v) is 2.93. The van der Waals surface area contributed by atoms with E-state index in [9.17, 15) is 9.59 Å². The molecule has 0 saturated heterocycles. The molecule has 2 aromatic carbocycles. The summed E-state index contributed by atoms with van der Waals surface area (Å²) in [6.07, 6.45) is 1.96. The zero-order valence-electron chi connectivity index (χ0n) is 13.3. The van der Waals surface area contributed by atoms with Gasteiger partial charge < -0.3 is 10.6 Å². The van der Waals surface area contributed by atoms with Crippen molar-refractivity contribution in [1.29, 1.82) is 0 Å². The van der Waals surface area contributed by atoms with Crippen molar-refractivity contribution in [3.63, 3.8) is 0 Å². The lowest BCUT2D eigenvalue weighted by atomic mass is 10.00. The maximum Gasteiger partial charge on any atom is 0.274 e. The number of benzene rings is 2. The molecule has 1 aliphatic rings. The summed E-state index contributed by atoms with van der Waals surface area (Å²) in [5.74, 6) is -0.281. The molecule has 0 fully saturated rings. The Labute approximate surface area is 144 Å². The van der Waals surface area contributed by atoms with Crippen LogP contribution in [-0.4, -0.2) is 16.8 Å². The molecule has 25 heavy (non-hydrogen) atoms. The number of pyridine rings is 1. The normalized spacial score (nSPS) is 12.4. The van der Waals surface area contributed by atoms with E-state index in [0.717, 1.165) is 22.4 Å². The smallest absolute Gasteiger partial charge is 0.274 e. The average molecular weight is 329 g/mol. The van der Waals surface area contributed by atoms with Gasteiger partial charge in [-0.25, -0.2) is 0 Å². The number of nitrogens with zero attached hydrogens (tertiary/aromatic N) is 1. The number of carbonyl (C=O) groups excluding carboxylic acids is 2. The van der Waals surface area contributed by atoms with Gasteiger partial charge in [0.05, 0.1) is 6.42 Å². The third-order valence-electron chi connectivity index (χ3n) is 4.10. The maximum absolute atomic E-state index is 12.7. The molecule has 122 valence electrons. The van der Waals surface area contributed by atoms with Gasteiger partial charge in [-0.15, -0.1) is 0 Å². The van der Waals surface area contributed by atoms with Crippen LogP contribution in [0, 0.1) is 0 Å². The summed E-state index contributed by atoms with van der Waals surface area (Å²) in [4.78, 5) is 28.5. The number of fused-ring (bicyclic) bond motifs is 1. The van der Waals surface area contributed by atoms with Crippen LogP contribution in [0.5, 0.6) is 0 Å². The van der Waals surface area contributed by atoms with Crippen LogP contribution < -0.4 is 10.6 Å². The summed E-state index contributed by atoms with van der Waals surface area (Å²) in [5, 5.41) is 5.67. The first kappa shape index (κ1) is 15.1. The summed E-state index contributed by atoms with van der Waals surface area (Å²) in [6.45, 7) is 0. The standard InChI is InChI=1S/C20H15N3O2/c24-18-12-14-11-13(8-9-17(14)23-18)16-7-4-10-21-19(16)20(25)22-15-5-2-1-3-6-15/h1-11H,12H2,(H,22,25)(H,23,24). The van der Waals surface area contributed by atoms with Crippen molar-refractivity contribution in [1.82, 2.24) is 4.98 Å². The topological polar surface area (TPSA) is 71.1 Å². The zero-order chi connectivity index (χ0) is 17.2. The molecule has 5 nitrogen and oxygen atoms in total. The first-order valence-electron chi connectivity index (χ1n) is 7.95. The Morgan fingerprint density at radius 2 is 1.88 bits per heavy atom. The Hall–Kier alpha value is -3.47. The Kier molecular flexibility index (Phi) is 3.74. The van der Waals surface area contributed by atoms with Gasteiger partial charge in [0.25, 0.3) is 5.91 Å². The van der Waals surface area contributed by atoms with Crippen molar-refractivity contribution in [2.45, 2.75) is 6.42 Å². The molecule has 1 aliphatic heterocycles. The van der Waals surface area contributed by atoms with Crippen LogP contribution in [0.4, 0.5) is 11.4 Å². The number of aromatic nitrogens is 1. The molecule has 3 aromatic rings. The second-order valence-electron chi connectivity index (χ2n) is 5.82. The molecule has 0 atom stereocenters. The highest BCUT2D eigenvalue weighted by molar-refractivity contribution is 6.07. The fourth-order valence-electron chi connectivity index (χ4n) is 2.93. The van der Waals surface area contributed by atoms with Crippen molar-refractivity contribution in [2.24, 2.45) is 0 Å². The Morgan fingerprint density at radius 3 is 2.72 bits per heavy atom. The molecule has 0 aliphatic carbocycles. The van der Waals surface area contributed by atoms with E-state index in [0.29, 0.717) is 17.8 Å². The molecule has 2 N–H and O–H groups in total. The summed E-state index contributed by atoms with van der Waals surface area (Å²) < 4.78 is 0. The van der Waals surface area contributed by atoms with Gasteiger partial charge in [0.15, 0.2) is 0 Å². The van der Waals surface area contributed by atoms with Crippen LogP contribution in [0.1, 0.15) is 16.1 Å². The predicted octanol–water partition coefficient (Wildman–Crippen LogP) is 3.50. The second kappa shape index (κ2) is 6.20. The molecular formula is C20H15N3O2. The van der Waals surface area contributed by atoms with Gasteiger partial charge in [0, 0.05) is 23.1 Å². The van der Waals surface area contributed by atoms with Gasteiger partial charge in [-0.3, -0.25) is 14.6 Å². The highest BCUT2D eigenvalue weighted by Crippen LogP contribution is 2.30. The summed E-state index contributed by atoms with van der Waals surface area (Å²) in [6, 6.07) is 18.6. The van der Waals surface area contributed by atoms with Gasteiger partial charge >= 0.3 is 0 Å². The lowest BCUT2D eigenvalue weighted by Crippen LogP contribution is -2.14. The molecule has 2 amide bonds. The van der Waals surface area contributed by atoms with E-state index in [4.69, 9.17) is 0 Å². The van der Waals surface area contributed by atoms with Crippen LogP contribution in [0.25, 0.3) is 11.1 Å². The van der Waals surface area contributed by atoms with Gasteiger partial charge in [-0.2, -0.15) is 0 Å². The van der Waals surface area contributed by atoms with Gasteiger partial charge in [0.1, 0.15) is 5.69 Å². The average Bonchev–Trinajstić information content (AvgIpc) is 3.01. The highest BCUT2D eigenvalue weighted by Gasteiger charge is 2.20. The van der Waals surface area contributed by atoms with E-state index in [-0.39, 0.29) is 11.8 Å². The zero-order valence-corrected chi connectivity index (χ0v) is 13.3. The summed E-state index contributed by atoms with van der Waals surface area (Å²) in [7, 11) is 0. The number of amides is 2. The lowest BCUT2D eigenvalue weighted by molar-refractivity contribution is -0.115. The number of hydrogen-bond acceptors (Lipinski definition) is 3. The van der Waals surface area contributed by atoms with E-state index < -0.39 is 0 Å². The minimum Gasteiger partial charge on any atom is -0.326 e. The third-order valence-corrected chi connectivity index (χ3v) is 4.10. The van der Waals surface area contributed by atoms with E-state index in [1.165, 1.54) is 0 Å². The minimum absolute atomic E-state index is 0.0135. The number of anilines is 2. The van der Waals surface area contributed by atoms with Gasteiger partial charge in [-0.05, 0) is 41.5 Å². The lowest BCUT2D eigenvalue weighted by Gasteiger charge is -2.10. The molecule has 1 aromatic heterocycles. The SMILES string of the molecule is O=C1Cc2cc(-c3cccnc3C(=O)Nc3ccccc3)ccc2N1. The molecule has 4 rings (SSSR count). The predicted molar refractivity (Wildman–Crippen MR) is 96.4 cm³/mol. The van der Waals surface area contributed by atoms with E-state index in [1.54, 1.807) is 12.3 Å². The number of carbonyl (C=O) groups is 2. The van der Waals surface area contributed by atoms with Crippen molar-refractivity contribution in [2.75, 3.05) is 10.6 Å². The van der Waals surface area contributed by atoms with Crippen molar-refractivity contribution in [3.8, 4) is 11.1 Å². The first-order valence-corrected chi connectivity index (χ1v) is 7.95. The third kappa shape index (κ3) is 2.99. The molecule has 0 spiro atoms. The van der Waals surface area contributed by atoms with E-state index in [1.807, 2.05) is 54.6 Å². The number of nitrogens with one attached hydrogen (secondary N) is 2. The first-order chi connectivity index (χ1) is 12.2. The van der Waals surface area contributed by atoms with Crippen molar-refractivity contribution in [3.05, 3.63) is 78.1 Å². The summed E-state index contributed by atoms with van der Waals surface area (Å²) in [5.41, 5.74) is 4.42. The number of para-hydroxylation sites is 1. The molecule has 0 bridgehead atoms. The molecule has 5 heteroatoms. The van der Waals surface area contributed by atoms with Crippen LogP contribution >= 0.6 is 0 Å². The molecule has 0 radical (unpaired) electrons. The highest BCUT2D eigenvalue weighted by atomic mass is 16.2. The molecule has 0 saturated carbocycles. The largest absolute Gasteiger partial charge is 0.326 e. The Bertz CT molecular complexity index is 968. The monoisotopic (exact) mass is 329 g/mol. The molecule has 0 unspecified atom stereocenters. The van der Waals surface area contributed by atoms with Gasteiger partial charge in [0.2, 0.25) is 5.91 Å². The van der Waals surface area contributed by atoms with Crippen LogP contribution in [0.2, 0.25) is 0 Å². The fraction of sp³-hybridized carbons (Fsp3) is 0.0500. The quantitative estimate of drug-likeness (QED) is 0.772. The Morgan fingerprint density at radius 1 is 1.04 bits per heavy atom. The van der Waals surface area contributed by atoms with Crippen LogP contribution in [0.15, 0.2) is 66.9 Å². The molecular weight excluding hydrogens is 314 g/mol.